The Bertz CT molecular complexity index is 491. The first-order chi connectivity index (χ1) is 10.3. The van der Waals surface area contributed by atoms with E-state index >= 15 is 0 Å². The zero-order valence-electron chi connectivity index (χ0n) is 14.4. The van der Waals surface area contributed by atoms with Gasteiger partial charge in [0, 0.05) is 12.8 Å². The van der Waals surface area contributed by atoms with Gasteiger partial charge in [-0.25, -0.2) is 0 Å². The van der Waals surface area contributed by atoms with Crippen molar-refractivity contribution in [2.45, 2.75) is 72.6 Å². The van der Waals surface area contributed by atoms with Crippen molar-refractivity contribution in [1.82, 2.24) is 0 Å². The summed E-state index contributed by atoms with van der Waals surface area (Å²) in [6, 6.07) is 0. The highest BCUT2D eigenvalue weighted by molar-refractivity contribution is 5.96. The van der Waals surface area contributed by atoms with Gasteiger partial charge in [0.25, 0.3) is 0 Å². The van der Waals surface area contributed by atoms with Crippen molar-refractivity contribution in [2.75, 3.05) is 0 Å². The molecule has 22 heavy (non-hydrogen) atoms. The van der Waals surface area contributed by atoms with E-state index in [9.17, 15) is 9.59 Å². The minimum absolute atomic E-state index is 0.211. The number of carboxylic acids is 1. The highest BCUT2D eigenvalue weighted by Gasteiger charge is 2.46. The number of carboxylic acid groups (broad SMARTS) is 1. The van der Waals surface area contributed by atoms with Crippen LogP contribution in [0.25, 0.3) is 0 Å². The fourth-order valence-electron chi connectivity index (χ4n) is 4.59. The van der Waals surface area contributed by atoms with E-state index in [-0.39, 0.29) is 17.8 Å². The first-order valence-electron chi connectivity index (χ1n) is 8.70. The number of fused-ring (bicyclic) bond motifs is 1. The minimum Gasteiger partial charge on any atom is -0.481 e. The number of ketones is 1. The van der Waals surface area contributed by atoms with Crippen molar-refractivity contribution in [1.29, 1.82) is 0 Å². The summed E-state index contributed by atoms with van der Waals surface area (Å²) in [5.41, 5.74) is 2.64. The van der Waals surface area contributed by atoms with Crippen molar-refractivity contribution < 1.29 is 14.7 Å². The lowest BCUT2D eigenvalue weighted by Crippen LogP contribution is -2.42. The van der Waals surface area contributed by atoms with Gasteiger partial charge in [-0.05, 0) is 67.8 Å². The van der Waals surface area contributed by atoms with Crippen LogP contribution in [0.2, 0.25) is 0 Å². The second kappa shape index (κ2) is 6.55. The van der Waals surface area contributed by atoms with Crippen LogP contribution in [0.15, 0.2) is 11.1 Å². The molecule has 0 amide bonds. The molecule has 124 valence electrons. The van der Waals surface area contributed by atoms with Crippen LogP contribution in [0.4, 0.5) is 0 Å². The molecule has 2 rings (SSSR count). The molecule has 0 saturated heterocycles. The molecule has 2 aliphatic rings. The summed E-state index contributed by atoms with van der Waals surface area (Å²) >= 11 is 0. The minimum atomic E-state index is -0.700. The van der Waals surface area contributed by atoms with Crippen LogP contribution in [-0.4, -0.2) is 16.9 Å². The summed E-state index contributed by atoms with van der Waals surface area (Å²) in [6.45, 7) is 8.76. The molecule has 0 aromatic carbocycles. The van der Waals surface area contributed by atoms with E-state index in [4.69, 9.17) is 5.11 Å². The molecule has 3 nitrogen and oxygen atoms in total. The van der Waals surface area contributed by atoms with Crippen molar-refractivity contribution >= 4 is 11.8 Å². The van der Waals surface area contributed by atoms with Gasteiger partial charge in [-0.2, -0.15) is 0 Å². The van der Waals surface area contributed by atoms with Gasteiger partial charge in [0.05, 0.1) is 0 Å². The Morgan fingerprint density at radius 1 is 1.36 bits per heavy atom. The van der Waals surface area contributed by atoms with Crippen molar-refractivity contribution in [3.8, 4) is 0 Å². The lowest BCUT2D eigenvalue weighted by atomic mass is 9.54. The number of hydrogen-bond acceptors (Lipinski definition) is 2. The summed E-state index contributed by atoms with van der Waals surface area (Å²) in [6.07, 6.45) is 6.19. The number of carbonyl (C=O) groups is 2. The highest BCUT2D eigenvalue weighted by Crippen LogP contribution is 2.55. The Morgan fingerprint density at radius 3 is 2.68 bits per heavy atom. The Hall–Kier alpha value is -1.12. The third-order valence-electron chi connectivity index (χ3n) is 6.45. The third-order valence-corrected chi connectivity index (χ3v) is 6.45. The molecule has 1 fully saturated rings. The molecular formula is C19H30O3. The average Bonchev–Trinajstić information content (AvgIpc) is 2.44. The van der Waals surface area contributed by atoms with Crippen LogP contribution in [0.3, 0.4) is 0 Å². The summed E-state index contributed by atoms with van der Waals surface area (Å²) in [5, 5.41) is 8.94. The third kappa shape index (κ3) is 3.28. The maximum atomic E-state index is 12.0. The first kappa shape index (κ1) is 17.2. The van der Waals surface area contributed by atoms with Crippen molar-refractivity contribution in [3.05, 3.63) is 11.1 Å². The molecule has 0 radical (unpaired) electrons. The lowest BCUT2D eigenvalue weighted by Gasteiger charge is -2.50. The predicted molar refractivity (Wildman–Crippen MR) is 87.6 cm³/mol. The van der Waals surface area contributed by atoms with Gasteiger partial charge in [-0.1, -0.05) is 26.3 Å². The molecular weight excluding hydrogens is 276 g/mol. The molecule has 1 saturated carbocycles. The van der Waals surface area contributed by atoms with E-state index in [1.807, 2.05) is 13.8 Å². The van der Waals surface area contributed by atoms with Crippen LogP contribution < -0.4 is 0 Å². The molecule has 2 aliphatic carbocycles. The monoisotopic (exact) mass is 306 g/mol. The topological polar surface area (TPSA) is 54.4 Å². The number of hydrogen-bond donors (Lipinski definition) is 1. The molecule has 0 spiro atoms. The Balaban J connectivity index is 2.15. The van der Waals surface area contributed by atoms with E-state index in [2.05, 4.69) is 13.8 Å². The van der Waals surface area contributed by atoms with Crippen LogP contribution in [0.1, 0.15) is 72.6 Å². The van der Waals surface area contributed by atoms with Gasteiger partial charge in [-0.3, -0.25) is 9.59 Å². The van der Waals surface area contributed by atoms with E-state index in [0.29, 0.717) is 24.0 Å². The standard InChI is InChI=1S/C19H30O3/c1-12(11-18(21)22)9-10-19(4)13(2)5-6-15-14(3)17(20)8-7-16(15)19/h12-13,16H,5-11H2,1-4H3,(H,21,22). The average molecular weight is 306 g/mol. The Kier molecular flexibility index (Phi) is 5.14. The smallest absolute Gasteiger partial charge is 0.303 e. The van der Waals surface area contributed by atoms with E-state index in [1.54, 1.807) is 0 Å². The molecule has 0 heterocycles. The largest absolute Gasteiger partial charge is 0.481 e. The Morgan fingerprint density at radius 2 is 2.05 bits per heavy atom. The van der Waals surface area contributed by atoms with Crippen LogP contribution in [0, 0.1) is 23.2 Å². The zero-order valence-corrected chi connectivity index (χ0v) is 14.4. The van der Waals surface area contributed by atoms with Crippen LogP contribution >= 0.6 is 0 Å². The summed E-state index contributed by atoms with van der Waals surface area (Å²) < 4.78 is 0. The maximum absolute atomic E-state index is 12.0. The Labute approximate surface area is 134 Å². The number of carbonyl (C=O) groups excluding carboxylic acids is 1. The van der Waals surface area contributed by atoms with E-state index in [1.165, 1.54) is 5.57 Å². The van der Waals surface area contributed by atoms with Crippen LogP contribution in [0.5, 0.6) is 0 Å². The molecule has 0 aromatic rings. The molecule has 4 atom stereocenters. The second-order valence-corrected chi connectivity index (χ2v) is 7.85. The van der Waals surface area contributed by atoms with Gasteiger partial charge >= 0.3 is 5.97 Å². The zero-order chi connectivity index (χ0) is 16.5. The SMILES string of the molecule is CC1=C2CCC(C)C(C)(CCC(C)CC(=O)O)C2CCC1=O. The lowest BCUT2D eigenvalue weighted by molar-refractivity contribution is -0.138. The van der Waals surface area contributed by atoms with Gasteiger partial charge in [0.15, 0.2) is 5.78 Å². The van der Waals surface area contributed by atoms with Crippen molar-refractivity contribution in [3.63, 3.8) is 0 Å². The summed E-state index contributed by atoms with van der Waals surface area (Å²) in [4.78, 5) is 22.9. The van der Waals surface area contributed by atoms with Crippen molar-refractivity contribution in [2.24, 2.45) is 23.2 Å². The summed E-state index contributed by atoms with van der Waals surface area (Å²) in [5.74, 6) is 1.02. The van der Waals surface area contributed by atoms with Gasteiger partial charge in [0.2, 0.25) is 0 Å². The fraction of sp³-hybridized carbons (Fsp3) is 0.789. The van der Waals surface area contributed by atoms with E-state index in [0.717, 1.165) is 37.7 Å². The fourth-order valence-corrected chi connectivity index (χ4v) is 4.59. The maximum Gasteiger partial charge on any atom is 0.303 e. The molecule has 1 N–H and O–H groups in total. The second-order valence-electron chi connectivity index (χ2n) is 7.85. The van der Waals surface area contributed by atoms with Gasteiger partial charge < -0.3 is 5.11 Å². The quantitative estimate of drug-likeness (QED) is 0.807. The first-order valence-corrected chi connectivity index (χ1v) is 8.70. The summed E-state index contributed by atoms with van der Waals surface area (Å²) in [7, 11) is 0. The predicted octanol–water partition coefficient (Wildman–Crippen LogP) is 4.61. The molecule has 0 aliphatic heterocycles. The highest BCUT2D eigenvalue weighted by atomic mass is 16.4. The van der Waals surface area contributed by atoms with Gasteiger partial charge in [-0.15, -0.1) is 0 Å². The molecule has 4 unspecified atom stereocenters. The molecule has 3 heteroatoms. The molecule has 0 bridgehead atoms. The van der Waals surface area contributed by atoms with E-state index < -0.39 is 5.97 Å². The normalized spacial score (nSPS) is 33.5. The number of aliphatic carboxylic acids is 1. The molecule has 0 aromatic heterocycles. The van der Waals surface area contributed by atoms with Crippen LogP contribution in [-0.2, 0) is 9.59 Å². The number of rotatable bonds is 5. The van der Waals surface area contributed by atoms with Gasteiger partial charge in [0.1, 0.15) is 0 Å². The number of allylic oxidation sites excluding steroid dienone is 2. The number of Topliss-reactive ketones (excluding diaryl/α,β-unsaturated/α-hetero) is 1.